The van der Waals surface area contributed by atoms with Crippen LogP contribution in [0.25, 0.3) is 0 Å². The van der Waals surface area contributed by atoms with Crippen molar-refractivity contribution in [2.24, 2.45) is 0 Å². The van der Waals surface area contributed by atoms with E-state index in [0.29, 0.717) is 23.4 Å². The fraction of sp³-hybridized carbons (Fsp3) is 0.259. The third-order valence-electron chi connectivity index (χ3n) is 6.15. The highest BCUT2D eigenvalue weighted by Gasteiger charge is 2.28. The van der Waals surface area contributed by atoms with Gasteiger partial charge in [0.15, 0.2) is 0 Å². The number of aryl methyl sites for hydroxylation is 1. The fourth-order valence-electron chi connectivity index (χ4n) is 4.38. The number of amides is 2. The maximum absolute atomic E-state index is 13.5. The van der Waals surface area contributed by atoms with Crippen molar-refractivity contribution in [1.82, 2.24) is 4.90 Å². The molecule has 1 aliphatic heterocycles. The summed E-state index contributed by atoms with van der Waals surface area (Å²) in [7, 11) is 4.16. The normalized spacial score (nSPS) is 15.7. The molecule has 1 atom stereocenters. The average molecular weight is 506 g/mol. The Labute approximate surface area is 203 Å². The number of benzene rings is 3. The predicted octanol–water partition coefficient (Wildman–Crippen LogP) is 6.05. The molecule has 2 amide bonds. The van der Waals surface area contributed by atoms with Crippen LogP contribution in [0.4, 0.5) is 11.4 Å². The van der Waals surface area contributed by atoms with Crippen molar-refractivity contribution in [3.05, 3.63) is 93.5 Å². The van der Waals surface area contributed by atoms with Gasteiger partial charge in [-0.25, -0.2) is 0 Å². The number of nitrogens with one attached hydrogen (secondary N) is 1. The van der Waals surface area contributed by atoms with Gasteiger partial charge in [0.1, 0.15) is 0 Å². The van der Waals surface area contributed by atoms with E-state index in [2.05, 4.69) is 46.3 Å². The molecule has 1 unspecified atom stereocenters. The number of fused-ring (bicyclic) bond motifs is 1. The monoisotopic (exact) mass is 505 g/mol. The van der Waals surface area contributed by atoms with Gasteiger partial charge in [0.25, 0.3) is 11.8 Å². The molecule has 3 aromatic carbocycles. The molecule has 170 valence electrons. The van der Waals surface area contributed by atoms with Gasteiger partial charge < -0.3 is 15.1 Å². The van der Waals surface area contributed by atoms with Gasteiger partial charge in [-0.3, -0.25) is 9.59 Å². The van der Waals surface area contributed by atoms with Crippen LogP contribution in [0.3, 0.4) is 0 Å². The Morgan fingerprint density at radius 1 is 1.03 bits per heavy atom. The lowest BCUT2D eigenvalue weighted by Gasteiger charge is -2.27. The van der Waals surface area contributed by atoms with Gasteiger partial charge in [-0.05, 0) is 93.5 Å². The van der Waals surface area contributed by atoms with E-state index in [0.717, 1.165) is 34.1 Å². The van der Waals surface area contributed by atoms with Crippen molar-refractivity contribution in [3.63, 3.8) is 0 Å². The molecule has 0 bridgehead atoms. The van der Waals surface area contributed by atoms with Crippen LogP contribution >= 0.6 is 15.9 Å². The van der Waals surface area contributed by atoms with Crippen molar-refractivity contribution < 1.29 is 9.59 Å². The highest BCUT2D eigenvalue weighted by Crippen LogP contribution is 2.38. The lowest BCUT2D eigenvalue weighted by Crippen LogP contribution is -2.31. The van der Waals surface area contributed by atoms with Crippen LogP contribution in [0, 0.1) is 6.92 Å². The predicted molar refractivity (Wildman–Crippen MR) is 137 cm³/mol. The summed E-state index contributed by atoms with van der Waals surface area (Å²) in [5.74, 6) is -0.191. The van der Waals surface area contributed by atoms with E-state index in [1.165, 1.54) is 0 Å². The van der Waals surface area contributed by atoms with Gasteiger partial charge in [-0.2, -0.15) is 0 Å². The Balaban J connectivity index is 1.56. The summed E-state index contributed by atoms with van der Waals surface area (Å²) in [5.41, 5.74) is 4.93. The minimum atomic E-state index is -0.158. The Kier molecular flexibility index (Phi) is 6.96. The Morgan fingerprint density at radius 2 is 1.76 bits per heavy atom. The first-order valence-corrected chi connectivity index (χ1v) is 11.9. The van der Waals surface area contributed by atoms with Crippen LogP contribution in [0.15, 0.2) is 71.2 Å². The summed E-state index contributed by atoms with van der Waals surface area (Å²) in [4.78, 5) is 30.2. The van der Waals surface area contributed by atoms with Crippen molar-refractivity contribution in [2.45, 2.75) is 25.8 Å². The van der Waals surface area contributed by atoms with Crippen LogP contribution in [-0.4, -0.2) is 37.4 Å². The van der Waals surface area contributed by atoms with Crippen LogP contribution in [0.5, 0.6) is 0 Å². The molecule has 1 heterocycles. The van der Waals surface area contributed by atoms with Crippen LogP contribution < -0.4 is 10.2 Å². The first-order chi connectivity index (χ1) is 15.8. The molecule has 0 aromatic heterocycles. The zero-order valence-corrected chi connectivity index (χ0v) is 20.7. The second-order valence-corrected chi connectivity index (χ2v) is 9.54. The first-order valence-electron chi connectivity index (χ1n) is 11.1. The number of halogens is 1. The SMILES string of the molecule is Cc1ccccc1C(=O)Nc1ccc(C(=O)N2CCCC(N(C)C)c3cc(Br)ccc32)cc1. The summed E-state index contributed by atoms with van der Waals surface area (Å²) >= 11 is 3.59. The molecule has 6 heteroatoms. The Bertz CT molecular complexity index is 1170. The first kappa shape index (κ1) is 23.2. The Hall–Kier alpha value is -2.96. The van der Waals surface area contributed by atoms with Gasteiger partial charge in [-0.15, -0.1) is 0 Å². The van der Waals surface area contributed by atoms with Crippen molar-refractivity contribution >= 4 is 39.1 Å². The number of hydrogen-bond donors (Lipinski definition) is 1. The maximum atomic E-state index is 13.5. The number of anilines is 2. The minimum absolute atomic E-state index is 0.0326. The van der Waals surface area contributed by atoms with Crippen LogP contribution in [0.1, 0.15) is 50.7 Å². The second kappa shape index (κ2) is 9.89. The van der Waals surface area contributed by atoms with E-state index in [1.807, 2.05) is 42.2 Å². The average Bonchev–Trinajstić information content (AvgIpc) is 2.98. The van der Waals surface area contributed by atoms with Crippen molar-refractivity contribution in [2.75, 3.05) is 30.9 Å². The van der Waals surface area contributed by atoms with Crippen molar-refractivity contribution in [1.29, 1.82) is 0 Å². The molecule has 4 rings (SSSR count). The molecule has 0 fully saturated rings. The minimum Gasteiger partial charge on any atom is -0.322 e. The van der Waals surface area contributed by atoms with Gasteiger partial charge in [-0.1, -0.05) is 34.1 Å². The number of rotatable bonds is 4. The molecule has 0 radical (unpaired) electrons. The Morgan fingerprint density at radius 3 is 2.45 bits per heavy atom. The van der Waals surface area contributed by atoms with Crippen LogP contribution in [-0.2, 0) is 0 Å². The largest absolute Gasteiger partial charge is 0.322 e. The number of hydrogen-bond acceptors (Lipinski definition) is 3. The van der Waals surface area contributed by atoms with Gasteiger partial charge >= 0.3 is 0 Å². The number of carbonyl (C=O) groups excluding carboxylic acids is 2. The maximum Gasteiger partial charge on any atom is 0.258 e. The summed E-state index contributed by atoms with van der Waals surface area (Å²) in [5, 5.41) is 2.92. The zero-order chi connectivity index (χ0) is 23.5. The van der Waals surface area contributed by atoms with E-state index < -0.39 is 0 Å². The molecule has 0 spiro atoms. The molecule has 3 aromatic rings. The molecular formula is C27H28BrN3O2. The molecule has 0 aliphatic carbocycles. The van der Waals surface area contributed by atoms with Gasteiger partial charge in [0, 0.05) is 39.6 Å². The van der Waals surface area contributed by atoms with Crippen LogP contribution in [0.2, 0.25) is 0 Å². The zero-order valence-electron chi connectivity index (χ0n) is 19.1. The highest BCUT2D eigenvalue weighted by molar-refractivity contribution is 9.10. The van der Waals surface area contributed by atoms with E-state index in [4.69, 9.17) is 0 Å². The number of nitrogens with zero attached hydrogens (tertiary/aromatic N) is 2. The lowest BCUT2D eigenvalue weighted by atomic mass is 10.0. The lowest BCUT2D eigenvalue weighted by molar-refractivity contribution is 0.0985. The third-order valence-corrected chi connectivity index (χ3v) is 6.64. The molecule has 1 N–H and O–H groups in total. The topological polar surface area (TPSA) is 52.7 Å². The quantitative estimate of drug-likeness (QED) is 0.469. The van der Waals surface area contributed by atoms with Gasteiger partial charge in [0.05, 0.1) is 0 Å². The third kappa shape index (κ3) is 5.02. The molecule has 33 heavy (non-hydrogen) atoms. The smallest absolute Gasteiger partial charge is 0.258 e. The highest BCUT2D eigenvalue weighted by atomic mass is 79.9. The van der Waals surface area contributed by atoms with E-state index in [-0.39, 0.29) is 17.9 Å². The van der Waals surface area contributed by atoms with Crippen molar-refractivity contribution in [3.8, 4) is 0 Å². The summed E-state index contributed by atoms with van der Waals surface area (Å²) in [6, 6.07) is 21.0. The molecule has 0 saturated heterocycles. The fourth-order valence-corrected chi connectivity index (χ4v) is 4.76. The summed E-state index contributed by atoms with van der Waals surface area (Å²) in [6.07, 6.45) is 1.91. The van der Waals surface area contributed by atoms with E-state index in [9.17, 15) is 9.59 Å². The summed E-state index contributed by atoms with van der Waals surface area (Å²) < 4.78 is 1.01. The van der Waals surface area contributed by atoms with E-state index >= 15 is 0 Å². The second-order valence-electron chi connectivity index (χ2n) is 8.63. The molecular weight excluding hydrogens is 478 g/mol. The standard InChI is InChI=1S/C27H28BrN3O2/c1-18-7-4-5-8-22(18)26(32)29-21-13-10-19(11-14-21)27(33)31-16-6-9-24(30(2)3)23-17-20(28)12-15-25(23)31/h4-5,7-8,10-15,17,24H,6,9,16H2,1-3H3,(H,29,32). The summed E-state index contributed by atoms with van der Waals surface area (Å²) in [6.45, 7) is 2.58. The van der Waals surface area contributed by atoms with Gasteiger partial charge in [0.2, 0.25) is 0 Å². The number of carbonyl (C=O) groups is 2. The van der Waals surface area contributed by atoms with E-state index in [1.54, 1.807) is 30.3 Å². The molecule has 1 aliphatic rings. The molecule has 0 saturated carbocycles. The molecule has 5 nitrogen and oxygen atoms in total.